The van der Waals surface area contributed by atoms with Crippen LogP contribution in [0.2, 0.25) is 0 Å². The lowest BCUT2D eigenvalue weighted by atomic mass is 9.96. The van der Waals surface area contributed by atoms with E-state index in [-0.39, 0.29) is 11.4 Å². The second-order valence-electron chi connectivity index (χ2n) is 5.97. The van der Waals surface area contributed by atoms with Crippen LogP contribution in [-0.2, 0) is 9.59 Å². The predicted octanol–water partition coefficient (Wildman–Crippen LogP) is 2.63. The Kier molecular flexibility index (Phi) is 6.09. The largest absolute Gasteiger partial charge is 0.503 e. The number of Topliss-reactive ketones (excluding diaryl/α,β-unsaturated/α-hetero) is 1. The fourth-order valence-corrected chi connectivity index (χ4v) is 3.02. The molecule has 0 spiro atoms. The van der Waals surface area contributed by atoms with E-state index in [0.29, 0.717) is 18.7 Å². The van der Waals surface area contributed by atoms with Crippen molar-refractivity contribution in [1.82, 2.24) is 4.90 Å². The van der Waals surface area contributed by atoms with Crippen molar-refractivity contribution >= 4 is 11.7 Å². The number of carbonyl (C=O) groups is 2. The van der Waals surface area contributed by atoms with Gasteiger partial charge < -0.3 is 15.7 Å². The average molecular weight is 334 g/mol. The number of hydrogen-bond acceptors (Lipinski definition) is 4. The Labute approximate surface area is 140 Å². The molecule has 1 aromatic carbocycles. The molecule has 0 bridgehead atoms. The summed E-state index contributed by atoms with van der Waals surface area (Å²) in [7, 11) is 0. The maximum atomic E-state index is 13.2. The number of amides is 1. The van der Waals surface area contributed by atoms with Crippen molar-refractivity contribution in [2.45, 2.75) is 38.6 Å². The summed E-state index contributed by atoms with van der Waals surface area (Å²) in [5.41, 5.74) is 6.15. The van der Waals surface area contributed by atoms with Gasteiger partial charge in [0, 0.05) is 6.54 Å². The molecule has 0 aliphatic carbocycles. The zero-order chi connectivity index (χ0) is 17.7. The molecule has 1 heterocycles. The highest BCUT2D eigenvalue weighted by atomic mass is 19.1. The highest BCUT2D eigenvalue weighted by Gasteiger charge is 2.41. The van der Waals surface area contributed by atoms with Gasteiger partial charge in [-0.1, -0.05) is 25.0 Å². The Morgan fingerprint density at radius 2 is 1.83 bits per heavy atom. The third-order valence-electron chi connectivity index (χ3n) is 4.22. The fraction of sp³-hybridized carbons (Fsp3) is 0.444. The second kappa shape index (κ2) is 8.06. The Balaban J connectivity index is 2.23. The number of hydrogen-bond donors (Lipinski definition) is 2. The van der Waals surface area contributed by atoms with E-state index in [1.165, 1.54) is 36.1 Å². The Morgan fingerprint density at radius 3 is 2.42 bits per heavy atom. The summed E-state index contributed by atoms with van der Waals surface area (Å²) in [6.45, 7) is 2.38. The van der Waals surface area contributed by atoms with Crippen LogP contribution in [0.25, 0.3) is 0 Å². The molecule has 0 saturated carbocycles. The molecule has 0 aromatic heterocycles. The molecule has 130 valence electrons. The predicted molar refractivity (Wildman–Crippen MR) is 88.7 cm³/mol. The minimum Gasteiger partial charge on any atom is -0.503 e. The van der Waals surface area contributed by atoms with Gasteiger partial charge in [-0.3, -0.25) is 9.59 Å². The van der Waals surface area contributed by atoms with E-state index in [0.717, 1.165) is 25.7 Å². The van der Waals surface area contributed by atoms with E-state index in [9.17, 15) is 19.1 Å². The Morgan fingerprint density at radius 1 is 1.21 bits per heavy atom. The van der Waals surface area contributed by atoms with Crippen molar-refractivity contribution in [3.8, 4) is 0 Å². The number of nitrogens with zero attached hydrogens (tertiary/aromatic N) is 1. The summed E-state index contributed by atoms with van der Waals surface area (Å²) in [6.07, 6.45) is 3.56. The lowest BCUT2D eigenvalue weighted by Gasteiger charge is -2.26. The number of nitrogens with two attached hydrogens (primary N) is 1. The van der Waals surface area contributed by atoms with Gasteiger partial charge in [0.2, 0.25) is 0 Å². The molecule has 1 aliphatic rings. The summed E-state index contributed by atoms with van der Waals surface area (Å²) in [6, 6.07) is 4.98. The first-order valence-electron chi connectivity index (χ1n) is 8.18. The van der Waals surface area contributed by atoms with Crippen molar-refractivity contribution in [2.24, 2.45) is 5.73 Å². The lowest BCUT2D eigenvalue weighted by Crippen LogP contribution is -2.32. The number of unbranched alkanes of at least 4 members (excludes halogenated alkanes) is 3. The monoisotopic (exact) mass is 334 g/mol. The zero-order valence-corrected chi connectivity index (χ0v) is 13.8. The van der Waals surface area contributed by atoms with Crippen LogP contribution in [0.15, 0.2) is 35.6 Å². The molecule has 3 N–H and O–H groups in total. The zero-order valence-electron chi connectivity index (χ0n) is 13.8. The SMILES string of the molecule is CC(=O)C1=C(O)C(=O)N(CCCCCCN)C1c1ccc(F)cc1. The van der Waals surface area contributed by atoms with Gasteiger partial charge >= 0.3 is 0 Å². The first kappa shape index (κ1) is 18.1. The van der Waals surface area contributed by atoms with Gasteiger partial charge in [0.05, 0.1) is 11.6 Å². The minimum absolute atomic E-state index is 0.0774. The minimum atomic E-state index is -0.662. The van der Waals surface area contributed by atoms with Crippen LogP contribution >= 0.6 is 0 Å². The number of benzene rings is 1. The molecule has 24 heavy (non-hydrogen) atoms. The van der Waals surface area contributed by atoms with Crippen molar-refractivity contribution in [3.63, 3.8) is 0 Å². The number of rotatable bonds is 8. The molecule has 0 saturated heterocycles. The number of aliphatic hydroxyl groups excluding tert-OH is 1. The first-order chi connectivity index (χ1) is 11.5. The van der Waals surface area contributed by atoms with Crippen LogP contribution in [0, 0.1) is 5.82 Å². The Bertz CT molecular complexity index is 640. The molecule has 2 rings (SSSR count). The molecule has 0 fully saturated rings. The summed E-state index contributed by atoms with van der Waals surface area (Å²) in [4.78, 5) is 25.8. The molecule has 1 atom stereocenters. The maximum absolute atomic E-state index is 13.2. The quantitative estimate of drug-likeness (QED) is 0.716. The number of halogens is 1. The van der Waals surface area contributed by atoms with E-state index >= 15 is 0 Å². The van der Waals surface area contributed by atoms with E-state index in [1.807, 2.05) is 0 Å². The molecular weight excluding hydrogens is 311 g/mol. The van der Waals surface area contributed by atoms with Gasteiger partial charge in [0.15, 0.2) is 11.5 Å². The first-order valence-corrected chi connectivity index (χ1v) is 8.18. The number of aliphatic hydroxyl groups is 1. The van der Waals surface area contributed by atoms with Gasteiger partial charge in [0.25, 0.3) is 5.91 Å². The standard InChI is InChI=1S/C18H23FN2O3/c1-12(22)15-16(13-6-8-14(19)9-7-13)21(18(24)17(15)23)11-5-3-2-4-10-20/h6-9,16,23H,2-5,10-11,20H2,1H3. The third-order valence-corrected chi connectivity index (χ3v) is 4.22. The number of carbonyl (C=O) groups excluding carboxylic acids is 2. The highest BCUT2D eigenvalue weighted by molar-refractivity contribution is 6.08. The number of ketones is 1. The molecule has 1 aromatic rings. The highest BCUT2D eigenvalue weighted by Crippen LogP contribution is 2.37. The lowest BCUT2D eigenvalue weighted by molar-refractivity contribution is -0.129. The van der Waals surface area contributed by atoms with Crippen molar-refractivity contribution in [2.75, 3.05) is 13.1 Å². The second-order valence-corrected chi connectivity index (χ2v) is 5.97. The van der Waals surface area contributed by atoms with Crippen LogP contribution in [0.1, 0.15) is 44.2 Å². The van der Waals surface area contributed by atoms with Crippen LogP contribution in [0.3, 0.4) is 0 Å². The summed E-state index contributed by atoms with van der Waals surface area (Å²) < 4.78 is 13.2. The van der Waals surface area contributed by atoms with Crippen LogP contribution < -0.4 is 5.73 Å². The fourth-order valence-electron chi connectivity index (χ4n) is 3.02. The van der Waals surface area contributed by atoms with Gasteiger partial charge in [-0.15, -0.1) is 0 Å². The summed E-state index contributed by atoms with van der Waals surface area (Å²) >= 11 is 0. The van der Waals surface area contributed by atoms with Crippen molar-refractivity contribution in [3.05, 3.63) is 47.0 Å². The van der Waals surface area contributed by atoms with E-state index in [2.05, 4.69) is 0 Å². The molecule has 5 nitrogen and oxygen atoms in total. The van der Waals surface area contributed by atoms with Crippen molar-refractivity contribution < 1.29 is 19.1 Å². The van der Waals surface area contributed by atoms with Gasteiger partial charge in [-0.25, -0.2) is 4.39 Å². The molecule has 6 heteroatoms. The van der Waals surface area contributed by atoms with E-state index in [1.54, 1.807) is 0 Å². The molecule has 0 radical (unpaired) electrons. The van der Waals surface area contributed by atoms with E-state index < -0.39 is 23.5 Å². The van der Waals surface area contributed by atoms with Gasteiger partial charge in [-0.05, 0) is 44.0 Å². The van der Waals surface area contributed by atoms with Crippen LogP contribution in [0.5, 0.6) is 0 Å². The maximum Gasteiger partial charge on any atom is 0.290 e. The topological polar surface area (TPSA) is 83.6 Å². The van der Waals surface area contributed by atoms with Gasteiger partial charge in [-0.2, -0.15) is 0 Å². The molecule has 1 unspecified atom stereocenters. The van der Waals surface area contributed by atoms with Crippen molar-refractivity contribution in [1.29, 1.82) is 0 Å². The van der Waals surface area contributed by atoms with E-state index in [4.69, 9.17) is 5.73 Å². The molecule has 1 aliphatic heterocycles. The smallest absolute Gasteiger partial charge is 0.290 e. The average Bonchev–Trinajstić information content (AvgIpc) is 2.80. The van der Waals surface area contributed by atoms with Gasteiger partial charge in [0.1, 0.15) is 5.82 Å². The molecular formula is C18H23FN2O3. The summed E-state index contributed by atoms with van der Waals surface area (Å²) in [5, 5.41) is 10.1. The summed E-state index contributed by atoms with van der Waals surface area (Å²) in [5.74, 6) is -1.80. The third kappa shape index (κ3) is 3.82. The Hall–Kier alpha value is -2.21. The normalized spacial score (nSPS) is 17.7. The molecule has 1 amide bonds. The van der Waals surface area contributed by atoms with Crippen LogP contribution in [0.4, 0.5) is 4.39 Å². The van der Waals surface area contributed by atoms with Crippen LogP contribution in [-0.4, -0.2) is 34.8 Å².